The first kappa shape index (κ1) is 14.9. The van der Waals surface area contributed by atoms with Crippen molar-refractivity contribution in [2.75, 3.05) is 19.7 Å². The Morgan fingerprint density at radius 1 is 1.33 bits per heavy atom. The molecule has 0 N–H and O–H groups in total. The minimum atomic E-state index is -3.20. The molecule has 0 radical (unpaired) electrons. The van der Waals surface area contributed by atoms with Gasteiger partial charge in [-0.15, -0.1) is 0 Å². The number of aryl methyl sites for hydroxylation is 1. The largest absolute Gasteiger partial charge is 0.369 e. The average molecular weight is 311 g/mol. The van der Waals surface area contributed by atoms with Crippen LogP contribution in [0.1, 0.15) is 43.3 Å². The van der Waals surface area contributed by atoms with E-state index in [1.165, 1.54) is 0 Å². The van der Waals surface area contributed by atoms with E-state index in [1.54, 1.807) is 16.6 Å². The zero-order valence-corrected chi connectivity index (χ0v) is 13.1. The third-order valence-corrected chi connectivity index (χ3v) is 6.61. The van der Waals surface area contributed by atoms with Crippen molar-refractivity contribution in [2.45, 2.75) is 44.0 Å². The molecule has 2 heterocycles. The van der Waals surface area contributed by atoms with Gasteiger partial charge in [0.1, 0.15) is 11.9 Å². The fourth-order valence-electron chi connectivity index (χ4n) is 3.09. The van der Waals surface area contributed by atoms with E-state index >= 15 is 0 Å². The van der Waals surface area contributed by atoms with Crippen molar-refractivity contribution >= 4 is 10.0 Å². The Kier molecular flexibility index (Phi) is 4.24. The molecular formula is C14H21N3O3S. The average Bonchev–Trinajstić information content (AvgIpc) is 3.02. The summed E-state index contributed by atoms with van der Waals surface area (Å²) in [6, 6.07) is 1.79. The van der Waals surface area contributed by atoms with Crippen LogP contribution in [0.15, 0.2) is 12.3 Å². The van der Waals surface area contributed by atoms with Crippen LogP contribution in [-0.2, 0) is 14.8 Å². The van der Waals surface area contributed by atoms with Gasteiger partial charge in [0.25, 0.3) is 0 Å². The second-order valence-corrected chi connectivity index (χ2v) is 7.91. The molecule has 1 atom stereocenters. The SMILES string of the molecule is Cc1nccc(C2CN(S(=O)(=O)C3CCCC3)CCO2)n1. The Balaban J connectivity index is 1.76. The molecule has 1 aliphatic heterocycles. The Labute approximate surface area is 125 Å². The van der Waals surface area contributed by atoms with Crippen LogP contribution in [0.5, 0.6) is 0 Å². The predicted molar refractivity (Wildman–Crippen MR) is 78.2 cm³/mol. The quantitative estimate of drug-likeness (QED) is 0.844. The fraction of sp³-hybridized carbons (Fsp3) is 0.714. The molecule has 2 aliphatic rings. The van der Waals surface area contributed by atoms with Gasteiger partial charge < -0.3 is 4.74 Å². The van der Waals surface area contributed by atoms with Crippen molar-refractivity contribution < 1.29 is 13.2 Å². The Morgan fingerprint density at radius 2 is 2.10 bits per heavy atom. The topological polar surface area (TPSA) is 72.4 Å². The highest BCUT2D eigenvalue weighted by atomic mass is 32.2. The molecule has 1 saturated carbocycles. The maximum Gasteiger partial charge on any atom is 0.217 e. The van der Waals surface area contributed by atoms with Gasteiger partial charge in [0.15, 0.2) is 0 Å². The van der Waals surface area contributed by atoms with Crippen molar-refractivity contribution in [3.8, 4) is 0 Å². The molecule has 3 rings (SSSR count). The molecule has 0 aromatic carbocycles. The predicted octanol–water partition coefficient (Wildman–Crippen LogP) is 1.43. The van der Waals surface area contributed by atoms with E-state index in [9.17, 15) is 8.42 Å². The van der Waals surface area contributed by atoms with Crippen LogP contribution in [-0.4, -0.2) is 47.6 Å². The number of aromatic nitrogens is 2. The van der Waals surface area contributed by atoms with E-state index in [2.05, 4.69) is 9.97 Å². The van der Waals surface area contributed by atoms with Crippen molar-refractivity contribution in [3.63, 3.8) is 0 Å². The van der Waals surface area contributed by atoms with Crippen LogP contribution in [0.25, 0.3) is 0 Å². The van der Waals surface area contributed by atoms with Gasteiger partial charge in [-0.25, -0.2) is 18.4 Å². The molecule has 1 aliphatic carbocycles. The normalized spacial score (nSPS) is 25.3. The monoisotopic (exact) mass is 311 g/mol. The zero-order valence-electron chi connectivity index (χ0n) is 12.2. The summed E-state index contributed by atoms with van der Waals surface area (Å²) in [5, 5.41) is -0.205. The highest BCUT2D eigenvalue weighted by Gasteiger charge is 2.37. The van der Waals surface area contributed by atoms with E-state index in [1.807, 2.05) is 6.92 Å². The zero-order chi connectivity index (χ0) is 14.9. The first-order valence-electron chi connectivity index (χ1n) is 7.47. The highest BCUT2D eigenvalue weighted by Crippen LogP contribution is 2.30. The van der Waals surface area contributed by atoms with Crippen molar-refractivity contribution in [1.29, 1.82) is 0 Å². The fourth-order valence-corrected chi connectivity index (χ4v) is 5.11. The lowest BCUT2D eigenvalue weighted by Gasteiger charge is -2.33. The third-order valence-electron chi connectivity index (χ3n) is 4.24. The van der Waals surface area contributed by atoms with Crippen LogP contribution in [0.3, 0.4) is 0 Å². The standard InChI is InChI=1S/C14H21N3O3S/c1-11-15-7-6-13(16-11)14-10-17(8-9-20-14)21(18,19)12-4-2-3-5-12/h6-7,12,14H,2-5,8-10H2,1H3. The summed E-state index contributed by atoms with van der Waals surface area (Å²) in [6.45, 7) is 3.04. The number of hydrogen-bond donors (Lipinski definition) is 0. The van der Waals surface area contributed by atoms with Gasteiger partial charge in [-0.1, -0.05) is 12.8 Å². The van der Waals surface area contributed by atoms with Gasteiger partial charge in [-0.2, -0.15) is 4.31 Å². The second-order valence-electron chi connectivity index (χ2n) is 5.70. The number of hydrogen-bond acceptors (Lipinski definition) is 5. The summed E-state index contributed by atoms with van der Waals surface area (Å²) < 4.78 is 32.6. The van der Waals surface area contributed by atoms with Crippen LogP contribution < -0.4 is 0 Å². The lowest BCUT2D eigenvalue weighted by Crippen LogP contribution is -2.45. The molecule has 1 aromatic heterocycles. The Bertz CT molecular complexity index is 599. The van der Waals surface area contributed by atoms with Crippen molar-refractivity contribution in [3.05, 3.63) is 23.8 Å². The van der Waals surface area contributed by atoms with Gasteiger partial charge in [0.2, 0.25) is 10.0 Å². The summed E-state index contributed by atoms with van der Waals surface area (Å²) in [5.41, 5.74) is 0.758. The minimum Gasteiger partial charge on any atom is -0.369 e. The molecule has 0 amide bonds. The number of nitrogens with zero attached hydrogens (tertiary/aromatic N) is 3. The lowest BCUT2D eigenvalue weighted by atomic mass is 10.2. The smallest absolute Gasteiger partial charge is 0.217 e. The maximum absolute atomic E-state index is 12.7. The number of sulfonamides is 1. The molecule has 1 unspecified atom stereocenters. The molecule has 116 valence electrons. The summed E-state index contributed by atoms with van der Waals surface area (Å²) in [6.07, 6.45) is 5.00. The summed E-state index contributed by atoms with van der Waals surface area (Å²) in [7, 11) is -3.20. The van der Waals surface area contributed by atoms with Gasteiger partial charge in [-0.3, -0.25) is 0 Å². The van der Waals surface area contributed by atoms with Crippen LogP contribution in [0, 0.1) is 6.92 Å². The van der Waals surface area contributed by atoms with Gasteiger partial charge >= 0.3 is 0 Å². The van der Waals surface area contributed by atoms with Gasteiger partial charge in [-0.05, 0) is 25.8 Å². The lowest BCUT2D eigenvalue weighted by molar-refractivity contribution is -0.00536. The molecule has 0 spiro atoms. The number of morpholine rings is 1. The van der Waals surface area contributed by atoms with Crippen molar-refractivity contribution in [1.82, 2.24) is 14.3 Å². The van der Waals surface area contributed by atoms with Gasteiger partial charge in [0, 0.05) is 19.3 Å². The Morgan fingerprint density at radius 3 is 2.81 bits per heavy atom. The molecule has 0 bridgehead atoms. The van der Waals surface area contributed by atoms with E-state index in [0.717, 1.165) is 31.4 Å². The number of ether oxygens (including phenoxy) is 1. The highest BCUT2D eigenvalue weighted by molar-refractivity contribution is 7.89. The van der Waals surface area contributed by atoms with Crippen LogP contribution >= 0.6 is 0 Å². The van der Waals surface area contributed by atoms with Crippen LogP contribution in [0.4, 0.5) is 0 Å². The minimum absolute atomic E-state index is 0.205. The molecular weight excluding hydrogens is 290 g/mol. The van der Waals surface area contributed by atoms with Gasteiger partial charge in [0.05, 0.1) is 17.6 Å². The molecule has 7 heteroatoms. The third kappa shape index (κ3) is 3.09. The summed E-state index contributed by atoms with van der Waals surface area (Å²) in [5.74, 6) is 0.673. The molecule has 21 heavy (non-hydrogen) atoms. The summed E-state index contributed by atoms with van der Waals surface area (Å²) in [4.78, 5) is 8.42. The van der Waals surface area contributed by atoms with E-state index < -0.39 is 10.0 Å². The molecule has 1 aromatic rings. The molecule has 2 fully saturated rings. The molecule has 6 nitrogen and oxygen atoms in total. The Hall–Kier alpha value is -1.05. The number of rotatable bonds is 3. The second kappa shape index (κ2) is 5.98. The van der Waals surface area contributed by atoms with Crippen LogP contribution in [0.2, 0.25) is 0 Å². The molecule has 1 saturated heterocycles. The first-order valence-corrected chi connectivity index (χ1v) is 8.98. The summed E-state index contributed by atoms with van der Waals surface area (Å²) >= 11 is 0. The van der Waals surface area contributed by atoms with E-state index in [4.69, 9.17) is 4.74 Å². The first-order chi connectivity index (χ1) is 10.1. The van der Waals surface area contributed by atoms with E-state index in [0.29, 0.717) is 25.5 Å². The maximum atomic E-state index is 12.7. The van der Waals surface area contributed by atoms with Crippen molar-refractivity contribution in [2.24, 2.45) is 0 Å². The van der Waals surface area contributed by atoms with E-state index in [-0.39, 0.29) is 11.4 Å².